The van der Waals surface area contributed by atoms with Gasteiger partial charge in [0.2, 0.25) is 5.88 Å². The van der Waals surface area contributed by atoms with Crippen LogP contribution in [-0.2, 0) is 0 Å². The van der Waals surface area contributed by atoms with Crippen molar-refractivity contribution < 1.29 is 4.74 Å². The average molecular weight is 279 g/mol. The standard InChI is InChI=1S/C13H11ClN2OS/c1-8-7-9(14)5-6-11(8)17-12-4-2-3-10(16-12)13(15)18/h2-7H,1H3,(H2,15,18). The molecule has 92 valence electrons. The van der Waals surface area contributed by atoms with E-state index in [4.69, 9.17) is 34.3 Å². The first-order chi connectivity index (χ1) is 8.56. The minimum Gasteiger partial charge on any atom is -0.439 e. The molecule has 0 unspecified atom stereocenters. The number of hydrogen-bond donors (Lipinski definition) is 1. The van der Waals surface area contributed by atoms with Gasteiger partial charge in [0.25, 0.3) is 0 Å². The summed E-state index contributed by atoms with van der Waals surface area (Å²) in [5, 5.41) is 0.671. The zero-order valence-corrected chi connectivity index (χ0v) is 11.3. The first-order valence-electron chi connectivity index (χ1n) is 5.27. The Bertz CT molecular complexity index is 601. The molecule has 0 aliphatic heterocycles. The number of hydrogen-bond acceptors (Lipinski definition) is 3. The molecule has 2 aromatic rings. The van der Waals surface area contributed by atoms with Crippen molar-refractivity contribution in [2.24, 2.45) is 5.73 Å². The summed E-state index contributed by atoms with van der Waals surface area (Å²) in [6, 6.07) is 10.7. The fourth-order valence-corrected chi connectivity index (χ4v) is 1.79. The molecule has 0 saturated carbocycles. The molecule has 0 aliphatic rings. The molecule has 1 heterocycles. The summed E-state index contributed by atoms with van der Waals surface area (Å²) < 4.78 is 5.67. The molecule has 0 spiro atoms. The van der Waals surface area contributed by atoms with Crippen LogP contribution in [0.1, 0.15) is 11.3 Å². The molecule has 1 aromatic carbocycles. The highest BCUT2D eigenvalue weighted by molar-refractivity contribution is 7.80. The first-order valence-corrected chi connectivity index (χ1v) is 6.06. The van der Waals surface area contributed by atoms with Gasteiger partial charge in [0.1, 0.15) is 16.4 Å². The van der Waals surface area contributed by atoms with E-state index in [9.17, 15) is 0 Å². The molecule has 18 heavy (non-hydrogen) atoms. The van der Waals surface area contributed by atoms with Crippen LogP contribution < -0.4 is 10.5 Å². The summed E-state index contributed by atoms with van der Waals surface area (Å²) in [5.74, 6) is 1.15. The minimum absolute atomic E-state index is 0.244. The number of rotatable bonds is 3. The van der Waals surface area contributed by atoms with Crippen molar-refractivity contribution in [2.75, 3.05) is 0 Å². The van der Waals surface area contributed by atoms with E-state index in [-0.39, 0.29) is 4.99 Å². The van der Waals surface area contributed by atoms with E-state index in [1.165, 1.54) is 0 Å². The van der Waals surface area contributed by atoms with Gasteiger partial charge in [-0.05, 0) is 36.8 Å². The van der Waals surface area contributed by atoms with Gasteiger partial charge in [0.05, 0.1) is 0 Å². The molecule has 3 nitrogen and oxygen atoms in total. The van der Waals surface area contributed by atoms with E-state index >= 15 is 0 Å². The van der Waals surface area contributed by atoms with Crippen molar-refractivity contribution in [3.63, 3.8) is 0 Å². The number of nitrogens with zero attached hydrogens (tertiary/aromatic N) is 1. The summed E-state index contributed by atoms with van der Waals surface area (Å²) in [4.78, 5) is 4.45. The largest absolute Gasteiger partial charge is 0.439 e. The number of benzene rings is 1. The third-order valence-electron chi connectivity index (χ3n) is 2.33. The number of pyridine rings is 1. The number of aromatic nitrogens is 1. The number of thiocarbonyl (C=S) groups is 1. The lowest BCUT2D eigenvalue weighted by Crippen LogP contribution is -2.11. The Morgan fingerprint density at radius 2 is 2.11 bits per heavy atom. The molecule has 0 radical (unpaired) electrons. The minimum atomic E-state index is 0.244. The van der Waals surface area contributed by atoms with Gasteiger partial charge in [0, 0.05) is 11.1 Å². The smallest absolute Gasteiger partial charge is 0.219 e. The Morgan fingerprint density at radius 3 is 2.78 bits per heavy atom. The lowest BCUT2D eigenvalue weighted by molar-refractivity contribution is 0.459. The van der Waals surface area contributed by atoms with Gasteiger partial charge in [0.15, 0.2) is 0 Å². The molecule has 0 saturated heterocycles. The predicted octanol–water partition coefficient (Wildman–Crippen LogP) is 3.47. The first kappa shape index (κ1) is 12.8. The fourth-order valence-electron chi connectivity index (χ4n) is 1.45. The lowest BCUT2D eigenvalue weighted by atomic mass is 10.2. The third kappa shape index (κ3) is 2.97. The van der Waals surface area contributed by atoms with Crippen LogP contribution in [0.25, 0.3) is 0 Å². The second-order valence-corrected chi connectivity index (χ2v) is 4.61. The second kappa shape index (κ2) is 5.33. The van der Waals surface area contributed by atoms with Gasteiger partial charge >= 0.3 is 0 Å². The van der Waals surface area contributed by atoms with Crippen molar-refractivity contribution >= 4 is 28.8 Å². The summed E-state index contributed by atoms with van der Waals surface area (Å²) in [6.45, 7) is 1.92. The molecule has 0 bridgehead atoms. The van der Waals surface area contributed by atoms with Crippen LogP contribution in [0.5, 0.6) is 11.6 Å². The van der Waals surface area contributed by atoms with E-state index in [0.29, 0.717) is 22.3 Å². The zero-order valence-electron chi connectivity index (χ0n) is 9.68. The van der Waals surface area contributed by atoms with Crippen LogP contribution in [0, 0.1) is 6.92 Å². The van der Waals surface area contributed by atoms with E-state index in [0.717, 1.165) is 5.56 Å². The number of nitrogens with two attached hydrogens (primary N) is 1. The van der Waals surface area contributed by atoms with Crippen molar-refractivity contribution in [3.8, 4) is 11.6 Å². The maximum absolute atomic E-state index is 5.88. The van der Waals surface area contributed by atoms with E-state index in [2.05, 4.69) is 4.98 Å². The number of ether oxygens (including phenoxy) is 1. The molecular weight excluding hydrogens is 268 g/mol. The molecule has 2 rings (SSSR count). The van der Waals surface area contributed by atoms with Gasteiger partial charge in [-0.2, -0.15) is 0 Å². The number of halogens is 1. The van der Waals surface area contributed by atoms with Gasteiger partial charge in [-0.1, -0.05) is 29.9 Å². The third-order valence-corrected chi connectivity index (χ3v) is 2.77. The maximum Gasteiger partial charge on any atom is 0.219 e. The lowest BCUT2D eigenvalue weighted by Gasteiger charge is -2.08. The van der Waals surface area contributed by atoms with Gasteiger partial charge < -0.3 is 10.5 Å². The Labute approximate surface area is 116 Å². The molecule has 5 heteroatoms. The van der Waals surface area contributed by atoms with Crippen molar-refractivity contribution in [2.45, 2.75) is 6.92 Å². The van der Waals surface area contributed by atoms with Crippen molar-refractivity contribution in [1.82, 2.24) is 4.98 Å². The Morgan fingerprint density at radius 1 is 1.33 bits per heavy atom. The molecule has 2 N–H and O–H groups in total. The Balaban J connectivity index is 2.28. The summed E-state index contributed by atoms with van der Waals surface area (Å²) >= 11 is 10.8. The molecule has 0 amide bonds. The van der Waals surface area contributed by atoms with Crippen LogP contribution in [0.4, 0.5) is 0 Å². The summed E-state index contributed by atoms with van der Waals surface area (Å²) in [5.41, 5.74) is 6.99. The Kier molecular flexibility index (Phi) is 3.79. The van der Waals surface area contributed by atoms with Crippen LogP contribution >= 0.6 is 23.8 Å². The quantitative estimate of drug-likeness (QED) is 0.874. The topological polar surface area (TPSA) is 48.1 Å². The molecular formula is C13H11ClN2OS. The fraction of sp³-hybridized carbons (Fsp3) is 0.0769. The summed E-state index contributed by atoms with van der Waals surface area (Å²) in [7, 11) is 0. The number of aryl methyl sites for hydroxylation is 1. The molecule has 1 aromatic heterocycles. The predicted molar refractivity (Wildman–Crippen MR) is 76.4 cm³/mol. The van der Waals surface area contributed by atoms with Crippen LogP contribution in [-0.4, -0.2) is 9.97 Å². The van der Waals surface area contributed by atoms with Crippen molar-refractivity contribution in [1.29, 1.82) is 0 Å². The molecule has 0 aliphatic carbocycles. The van der Waals surface area contributed by atoms with Gasteiger partial charge in [-0.15, -0.1) is 0 Å². The van der Waals surface area contributed by atoms with E-state index < -0.39 is 0 Å². The highest BCUT2D eigenvalue weighted by Crippen LogP contribution is 2.26. The van der Waals surface area contributed by atoms with Crippen LogP contribution in [0.2, 0.25) is 5.02 Å². The SMILES string of the molecule is Cc1cc(Cl)ccc1Oc1cccc(C(N)=S)n1. The van der Waals surface area contributed by atoms with Crippen LogP contribution in [0.3, 0.4) is 0 Å². The molecule has 0 fully saturated rings. The van der Waals surface area contributed by atoms with E-state index in [1.807, 2.05) is 13.0 Å². The average Bonchev–Trinajstić information content (AvgIpc) is 2.33. The Hall–Kier alpha value is -1.65. The van der Waals surface area contributed by atoms with Crippen LogP contribution in [0.15, 0.2) is 36.4 Å². The van der Waals surface area contributed by atoms with Gasteiger partial charge in [-0.3, -0.25) is 0 Å². The van der Waals surface area contributed by atoms with Crippen molar-refractivity contribution in [3.05, 3.63) is 52.7 Å². The highest BCUT2D eigenvalue weighted by Gasteiger charge is 2.05. The highest BCUT2D eigenvalue weighted by atomic mass is 35.5. The van der Waals surface area contributed by atoms with Gasteiger partial charge in [-0.25, -0.2) is 4.98 Å². The normalized spacial score (nSPS) is 10.1. The monoisotopic (exact) mass is 278 g/mol. The second-order valence-electron chi connectivity index (χ2n) is 3.74. The molecule has 0 atom stereocenters. The summed E-state index contributed by atoms with van der Waals surface area (Å²) in [6.07, 6.45) is 0. The van der Waals surface area contributed by atoms with E-state index in [1.54, 1.807) is 30.3 Å². The zero-order chi connectivity index (χ0) is 13.1. The maximum atomic E-state index is 5.88.